The summed E-state index contributed by atoms with van der Waals surface area (Å²) in [7, 11) is 3.84. The molecule has 1 rings (SSSR count). The first-order chi connectivity index (χ1) is 9.67. The van der Waals surface area contributed by atoms with Gasteiger partial charge in [0, 0.05) is 33.6 Å². The highest BCUT2D eigenvalue weighted by Gasteiger charge is 2.05. The molecule has 0 aliphatic heterocycles. The molecule has 1 N–H and O–H groups in total. The zero-order chi connectivity index (χ0) is 14.8. The Kier molecular flexibility index (Phi) is 7.39. The molecule has 0 radical (unpaired) electrons. The molecule has 6 nitrogen and oxygen atoms in total. The number of hydrogen-bond donors (Lipinski definition) is 1. The Morgan fingerprint density at radius 2 is 2.30 bits per heavy atom. The summed E-state index contributed by atoms with van der Waals surface area (Å²) in [6.45, 7) is 7.35. The van der Waals surface area contributed by atoms with Gasteiger partial charge in [-0.2, -0.15) is 4.98 Å². The third kappa shape index (κ3) is 5.86. The van der Waals surface area contributed by atoms with Gasteiger partial charge in [-0.05, 0) is 26.2 Å². The van der Waals surface area contributed by atoms with Crippen molar-refractivity contribution in [3.05, 3.63) is 24.4 Å². The van der Waals surface area contributed by atoms with E-state index in [1.165, 1.54) is 0 Å². The van der Waals surface area contributed by atoms with Gasteiger partial charge in [0.2, 0.25) is 5.89 Å². The fourth-order valence-electron chi connectivity index (χ4n) is 1.84. The quantitative estimate of drug-likeness (QED) is 0.340. The van der Waals surface area contributed by atoms with E-state index in [0.29, 0.717) is 11.7 Å². The van der Waals surface area contributed by atoms with E-state index in [0.717, 1.165) is 44.7 Å². The van der Waals surface area contributed by atoms with Crippen LogP contribution in [0.4, 0.5) is 0 Å². The van der Waals surface area contributed by atoms with Crippen LogP contribution in [-0.4, -0.2) is 48.2 Å². The molecule has 0 atom stereocenters. The molecular weight excluding hydrogens is 254 g/mol. The summed E-state index contributed by atoms with van der Waals surface area (Å²) in [6.07, 6.45) is 5.77. The molecule has 0 fully saturated rings. The molecule has 0 saturated carbocycles. The molecule has 0 aromatic carbocycles. The molecule has 20 heavy (non-hydrogen) atoms. The van der Waals surface area contributed by atoms with E-state index in [4.69, 9.17) is 4.52 Å². The van der Waals surface area contributed by atoms with Crippen molar-refractivity contribution in [2.45, 2.75) is 32.6 Å². The molecule has 0 aliphatic carbocycles. The summed E-state index contributed by atoms with van der Waals surface area (Å²) in [5, 5.41) is 7.10. The van der Waals surface area contributed by atoms with Crippen molar-refractivity contribution in [1.29, 1.82) is 0 Å². The number of aromatic nitrogens is 2. The van der Waals surface area contributed by atoms with E-state index in [1.807, 2.05) is 20.0 Å². The Bertz CT molecular complexity index is 427. The van der Waals surface area contributed by atoms with Gasteiger partial charge >= 0.3 is 0 Å². The van der Waals surface area contributed by atoms with Crippen LogP contribution >= 0.6 is 0 Å². The molecule has 0 aliphatic rings. The summed E-state index contributed by atoms with van der Waals surface area (Å²) in [6, 6.07) is 0. The lowest BCUT2D eigenvalue weighted by atomic mass is 10.3. The zero-order valence-electron chi connectivity index (χ0n) is 12.7. The number of unbranched alkanes of at least 4 members (excludes halogenated alkanes) is 1. The van der Waals surface area contributed by atoms with Gasteiger partial charge in [-0.1, -0.05) is 11.2 Å². The Hall–Kier alpha value is -1.85. The van der Waals surface area contributed by atoms with Crippen molar-refractivity contribution in [3.8, 4) is 0 Å². The molecule has 0 unspecified atom stereocenters. The Morgan fingerprint density at radius 3 is 2.90 bits per heavy atom. The normalized spacial score (nSPS) is 11.4. The van der Waals surface area contributed by atoms with E-state index in [2.05, 4.69) is 31.9 Å². The predicted molar refractivity (Wildman–Crippen MR) is 80.8 cm³/mol. The maximum Gasteiger partial charge on any atom is 0.226 e. The first-order valence-electron chi connectivity index (χ1n) is 6.99. The summed E-state index contributed by atoms with van der Waals surface area (Å²) in [5.74, 6) is 2.29. The Morgan fingerprint density at radius 1 is 1.50 bits per heavy atom. The number of rotatable bonds is 8. The lowest BCUT2D eigenvalue weighted by Gasteiger charge is -2.21. The van der Waals surface area contributed by atoms with Gasteiger partial charge in [-0.25, -0.2) is 0 Å². The second-order valence-corrected chi connectivity index (χ2v) is 4.67. The first kappa shape index (κ1) is 16.2. The van der Waals surface area contributed by atoms with E-state index in [-0.39, 0.29) is 0 Å². The highest BCUT2D eigenvalue weighted by molar-refractivity contribution is 5.79. The van der Waals surface area contributed by atoms with Crippen LogP contribution in [0, 0.1) is 6.92 Å². The Labute approximate surface area is 121 Å². The number of nitrogens with zero attached hydrogens (tertiary/aromatic N) is 4. The second-order valence-electron chi connectivity index (χ2n) is 4.67. The van der Waals surface area contributed by atoms with Crippen LogP contribution in [0.5, 0.6) is 0 Å². The standard InChI is InChI=1S/C14H25N5O/c1-5-6-7-11-19(4)14(15-3)16-10-8-9-13-17-12(2)18-20-13/h5H,1,6-11H2,2-4H3,(H,15,16). The van der Waals surface area contributed by atoms with Crippen molar-refractivity contribution in [1.82, 2.24) is 20.4 Å². The van der Waals surface area contributed by atoms with Crippen molar-refractivity contribution in [2.24, 2.45) is 4.99 Å². The predicted octanol–water partition coefficient (Wildman–Crippen LogP) is 1.78. The molecule has 1 aromatic heterocycles. The molecule has 0 spiro atoms. The highest BCUT2D eigenvalue weighted by atomic mass is 16.5. The van der Waals surface area contributed by atoms with Crippen LogP contribution in [0.2, 0.25) is 0 Å². The lowest BCUT2D eigenvalue weighted by molar-refractivity contribution is 0.371. The number of nitrogens with one attached hydrogen (secondary N) is 1. The second kappa shape index (κ2) is 9.12. The largest absolute Gasteiger partial charge is 0.356 e. The van der Waals surface area contributed by atoms with Crippen molar-refractivity contribution < 1.29 is 4.52 Å². The number of allylic oxidation sites excluding steroid dienone is 1. The zero-order valence-corrected chi connectivity index (χ0v) is 12.7. The number of aliphatic imine (C=N–C) groups is 1. The van der Waals surface area contributed by atoms with Gasteiger partial charge in [0.25, 0.3) is 0 Å². The summed E-state index contributed by atoms with van der Waals surface area (Å²) >= 11 is 0. The Balaban J connectivity index is 2.22. The lowest BCUT2D eigenvalue weighted by Crippen LogP contribution is -2.39. The van der Waals surface area contributed by atoms with Gasteiger partial charge in [0.1, 0.15) is 0 Å². The fraction of sp³-hybridized carbons (Fsp3) is 0.643. The number of hydrogen-bond acceptors (Lipinski definition) is 4. The minimum absolute atomic E-state index is 0.686. The van der Waals surface area contributed by atoms with Crippen LogP contribution in [-0.2, 0) is 6.42 Å². The average Bonchev–Trinajstić information content (AvgIpc) is 2.84. The molecule has 0 amide bonds. The first-order valence-corrected chi connectivity index (χ1v) is 6.99. The van der Waals surface area contributed by atoms with E-state index in [9.17, 15) is 0 Å². The molecule has 0 saturated heterocycles. The van der Waals surface area contributed by atoms with Crippen LogP contribution in [0.1, 0.15) is 31.0 Å². The topological polar surface area (TPSA) is 66.5 Å². The van der Waals surface area contributed by atoms with Gasteiger partial charge in [0.15, 0.2) is 11.8 Å². The maximum absolute atomic E-state index is 5.07. The molecule has 1 heterocycles. The average molecular weight is 279 g/mol. The molecule has 1 aromatic rings. The minimum Gasteiger partial charge on any atom is -0.356 e. The van der Waals surface area contributed by atoms with Gasteiger partial charge < -0.3 is 14.7 Å². The van der Waals surface area contributed by atoms with Gasteiger partial charge in [-0.3, -0.25) is 4.99 Å². The van der Waals surface area contributed by atoms with E-state index < -0.39 is 0 Å². The van der Waals surface area contributed by atoms with Crippen molar-refractivity contribution >= 4 is 5.96 Å². The highest BCUT2D eigenvalue weighted by Crippen LogP contribution is 1.99. The molecule has 6 heteroatoms. The van der Waals surface area contributed by atoms with Crippen LogP contribution in [0.25, 0.3) is 0 Å². The molecular formula is C14H25N5O. The van der Waals surface area contributed by atoms with Gasteiger partial charge in [0.05, 0.1) is 0 Å². The summed E-state index contributed by atoms with van der Waals surface area (Å²) in [5.41, 5.74) is 0. The van der Waals surface area contributed by atoms with Crippen molar-refractivity contribution in [3.63, 3.8) is 0 Å². The smallest absolute Gasteiger partial charge is 0.226 e. The summed E-state index contributed by atoms with van der Waals surface area (Å²) < 4.78 is 5.07. The summed E-state index contributed by atoms with van der Waals surface area (Å²) in [4.78, 5) is 10.6. The monoisotopic (exact) mass is 279 g/mol. The van der Waals surface area contributed by atoms with E-state index >= 15 is 0 Å². The number of guanidine groups is 1. The van der Waals surface area contributed by atoms with Gasteiger partial charge in [-0.15, -0.1) is 6.58 Å². The van der Waals surface area contributed by atoms with Crippen molar-refractivity contribution in [2.75, 3.05) is 27.2 Å². The third-order valence-electron chi connectivity index (χ3n) is 2.90. The van der Waals surface area contributed by atoms with Crippen LogP contribution < -0.4 is 5.32 Å². The third-order valence-corrected chi connectivity index (χ3v) is 2.90. The van der Waals surface area contributed by atoms with Crippen LogP contribution in [0.3, 0.4) is 0 Å². The SMILES string of the molecule is C=CCCCN(C)C(=NC)NCCCc1nc(C)no1. The molecule has 112 valence electrons. The minimum atomic E-state index is 0.686. The van der Waals surface area contributed by atoms with E-state index in [1.54, 1.807) is 7.05 Å². The fourth-order valence-corrected chi connectivity index (χ4v) is 1.84. The number of aryl methyl sites for hydroxylation is 2. The molecule has 0 bridgehead atoms. The maximum atomic E-state index is 5.07. The van der Waals surface area contributed by atoms with Crippen LogP contribution in [0.15, 0.2) is 22.2 Å².